The maximum atomic E-state index is 11.1. The first-order chi connectivity index (χ1) is 10.1. The maximum Gasteiger partial charge on any atom is 0.332 e. The van der Waals surface area contributed by atoms with E-state index in [0.29, 0.717) is 12.5 Å². The van der Waals surface area contributed by atoms with Crippen LogP contribution in [0.25, 0.3) is 0 Å². The molecular formula is C14H13ClN4O2. The van der Waals surface area contributed by atoms with Gasteiger partial charge in [0.2, 0.25) is 11.1 Å². The molecule has 7 heteroatoms. The molecule has 1 aromatic heterocycles. The number of anilines is 1. The molecule has 21 heavy (non-hydrogen) atoms. The maximum absolute atomic E-state index is 11.1. The molecule has 0 radical (unpaired) electrons. The van der Waals surface area contributed by atoms with Crippen LogP contribution in [-0.4, -0.2) is 21.4 Å². The molecule has 6 nitrogen and oxygen atoms in total. The Bertz CT molecular complexity index is 720. The third-order valence-electron chi connectivity index (χ3n) is 3.69. The fourth-order valence-corrected chi connectivity index (χ4v) is 2.85. The molecule has 0 amide bonds. The van der Waals surface area contributed by atoms with Gasteiger partial charge in [-0.2, -0.15) is 4.98 Å². The molecule has 0 bridgehead atoms. The normalized spacial score (nSPS) is 16.0. The fourth-order valence-electron chi connectivity index (χ4n) is 2.64. The van der Waals surface area contributed by atoms with Crippen LogP contribution in [0.1, 0.15) is 22.7 Å². The SMILES string of the molecule is Cc1nc(Cl)nc(NCC2Cc3ccccc32)c1[N+](=O)[O-]. The van der Waals surface area contributed by atoms with Crippen molar-refractivity contribution in [3.05, 3.63) is 56.5 Å². The van der Waals surface area contributed by atoms with Gasteiger partial charge in [-0.15, -0.1) is 0 Å². The number of rotatable bonds is 4. The van der Waals surface area contributed by atoms with Gasteiger partial charge < -0.3 is 5.32 Å². The minimum absolute atomic E-state index is 0.00890. The molecule has 1 aliphatic rings. The Morgan fingerprint density at radius 2 is 2.19 bits per heavy atom. The van der Waals surface area contributed by atoms with Gasteiger partial charge in [-0.3, -0.25) is 10.1 Å². The van der Waals surface area contributed by atoms with E-state index in [1.807, 2.05) is 12.1 Å². The quantitative estimate of drug-likeness (QED) is 0.533. The van der Waals surface area contributed by atoms with Crippen molar-refractivity contribution in [2.45, 2.75) is 19.3 Å². The molecule has 0 aliphatic heterocycles. The van der Waals surface area contributed by atoms with Crippen molar-refractivity contribution in [2.24, 2.45) is 0 Å². The van der Waals surface area contributed by atoms with E-state index in [2.05, 4.69) is 27.4 Å². The molecule has 1 heterocycles. The molecule has 3 rings (SSSR count). The Morgan fingerprint density at radius 3 is 2.90 bits per heavy atom. The Balaban J connectivity index is 1.79. The number of nitrogens with zero attached hydrogens (tertiary/aromatic N) is 3. The molecule has 108 valence electrons. The van der Waals surface area contributed by atoms with Gasteiger partial charge in [-0.05, 0) is 36.1 Å². The lowest BCUT2D eigenvalue weighted by Crippen LogP contribution is -2.25. The zero-order valence-corrected chi connectivity index (χ0v) is 12.1. The summed E-state index contributed by atoms with van der Waals surface area (Å²) in [7, 11) is 0. The van der Waals surface area contributed by atoms with Crippen LogP contribution in [-0.2, 0) is 6.42 Å². The summed E-state index contributed by atoms with van der Waals surface area (Å²) in [6.45, 7) is 2.14. The summed E-state index contributed by atoms with van der Waals surface area (Å²) < 4.78 is 0. The topological polar surface area (TPSA) is 81.0 Å². The highest BCUT2D eigenvalue weighted by molar-refractivity contribution is 6.28. The van der Waals surface area contributed by atoms with Crippen molar-refractivity contribution < 1.29 is 4.92 Å². The second-order valence-corrected chi connectivity index (χ2v) is 5.35. The van der Waals surface area contributed by atoms with Crippen molar-refractivity contribution in [1.29, 1.82) is 0 Å². The highest BCUT2D eigenvalue weighted by Gasteiger charge is 2.27. The van der Waals surface area contributed by atoms with E-state index in [1.165, 1.54) is 11.1 Å². The molecule has 0 saturated heterocycles. The number of aryl methyl sites for hydroxylation is 1. The molecule has 1 unspecified atom stereocenters. The Labute approximate surface area is 126 Å². The van der Waals surface area contributed by atoms with Crippen LogP contribution in [0.3, 0.4) is 0 Å². The summed E-state index contributed by atoms with van der Waals surface area (Å²) in [6.07, 6.45) is 0.967. The minimum Gasteiger partial charge on any atom is -0.364 e. The van der Waals surface area contributed by atoms with E-state index in [4.69, 9.17) is 11.6 Å². The minimum atomic E-state index is -0.483. The monoisotopic (exact) mass is 304 g/mol. The number of aromatic nitrogens is 2. The zero-order valence-electron chi connectivity index (χ0n) is 11.3. The van der Waals surface area contributed by atoms with Crippen LogP contribution in [0.5, 0.6) is 0 Å². The number of halogens is 1. The average molecular weight is 305 g/mol. The first-order valence-electron chi connectivity index (χ1n) is 6.56. The summed E-state index contributed by atoms with van der Waals surface area (Å²) in [5, 5.41) is 14.2. The van der Waals surface area contributed by atoms with Crippen LogP contribution in [0.15, 0.2) is 24.3 Å². The molecule has 1 N–H and O–H groups in total. The van der Waals surface area contributed by atoms with Crippen molar-refractivity contribution in [3.8, 4) is 0 Å². The van der Waals surface area contributed by atoms with Crippen molar-refractivity contribution in [3.63, 3.8) is 0 Å². The smallest absolute Gasteiger partial charge is 0.332 e. The van der Waals surface area contributed by atoms with Crippen molar-refractivity contribution in [1.82, 2.24) is 9.97 Å². The number of benzene rings is 1. The first kappa shape index (κ1) is 13.8. The van der Waals surface area contributed by atoms with E-state index in [-0.39, 0.29) is 22.5 Å². The first-order valence-corrected chi connectivity index (χ1v) is 6.94. The molecule has 0 saturated carbocycles. The van der Waals surface area contributed by atoms with Crippen LogP contribution in [0.2, 0.25) is 5.28 Å². The molecule has 0 fully saturated rings. The molecule has 1 aliphatic carbocycles. The second-order valence-electron chi connectivity index (χ2n) is 5.01. The second kappa shape index (κ2) is 5.29. The lowest BCUT2D eigenvalue weighted by molar-refractivity contribution is -0.385. The van der Waals surface area contributed by atoms with Gasteiger partial charge in [-0.1, -0.05) is 24.3 Å². The van der Waals surface area contributed by atoms with Crippen LogP contribution >= 0.6 is 11.6 Å². The van der Waals surface area contributed by atoms with Gasteiger partial charge in [0.25, 0.3) is 0 Å². The highest BCUT2D eigenvalue weighted by Crippen LogP contribution is 2.35. The fraction of sp³-hybridized carbons (Fsp3) is 0.286. The van der Waals surface area contributed by atoms with E-state index in [9.17, 15) is 10.1 Å². The molecule has 2 aromatic rings. The molecule has 0 spiro atoms. The lowest BCUT2D eigenvalue weighted by atomic mass is 9.77. The number of nitro groups is 1. The van der Waals surface area contributed by atoms with Gasteiger partial charge in [0.15, 0.2) is 0 Å². The van der Waals surface area contributed by atoms with Gasteiger partial charge in [0.05, 0.1) is 4.92 Å². The van der Waals surface area contributed by atoms with E-state index < -0.39 is 4.92 Å². The summed E-state index contributed by atoms with van der Waals surface area (Å²) in [6, 6.07) is 8.19. The number of hydrogen-bond acceptors (Lipinski definition) is 5. The number of hydrogen-bond donors (Lipinski definition) is 1. The van der Waals surface area contributed by atoms with Crippen molar-refractivity contribution in [2.75, 3.05) is 11.9 Å². The summed E-state index contributed by atoms with van der Waals surface area (Å²) in [4.78, 5) is 18.4. The third kappa shape index (κ3) is 2.54. The van der Waals surface area contributed by atoms with Gasteiger partial charge in [-0.25, -0.2) is 4.98 Å². The largest absolute Gasteiger partial charge is 0.364 e. The summed E-state index contributed by atoms with van der Waals surface area (Å²) in [5.74, 6) is 0.525. The highest BCUT2D eigenvalue weighted by atomic mass is 35.5. The van der Waals surface area contributed by atoms with Crippen LogP contribution in [0, 0.1) is 17.0 Å². The lowest BCUT2D eigenvalue weighted by Gasteiger charge is -2.30. The summed E-state index contributed by atoms with van der Waals surface area (Å²) >= 11 is 5.79. The third-order valence-corrected chi connectivity index (χ3v) is 3.86. The van der Waals surface area contributed by atoms with Gasteiger partial charge >= 0.3 is 5.69 Å². The number of nitrogens with one attached hydrogen (secondary N) is 1. The van der Waals surface area contributed by atoms with E-state index in [0.717, 1.165) is 6.42 Å². The number of fused-ring (bicyclic) bond motifs is 1. The van der Waals surface area contributed by atoms with Crippen molar-refractivity contribution >= 4 is 23.1 Å². The predicted octanol–water partition coefficient (Wildman–Crippen LogP) is 3.10. The Kier molecular flexibility index (Phi) is 3.47. The van der Waals surface area contributed by atoms with E-state index >= 15 is 0 Å². The van der Waals surface area contributed by atoms with E-state index in [1.54, 1.807) is 6.92 Å². The van der Waals surface area contributed by atoms with Gasteiger partial charge in [0, 0.05) is 12.5 Å². The predicted molar refractivity (Wildman–Crippen MR) is 79.8 cm³/mol. The zero-order chi connectivity index (χ0) is 15.0. The molecule has 1 aromatic carbocycles. The Hall–Kier alpha value is -2.21. The van der Waals surface area contributed by atoms with Gasteiger partial charge in [0.1, 0.15) is 5.69 Å². The molecule has 1 atom stereocenters. The standard InChI is InChI=1S/C14H13ClN4O2/c1-8-12(19(20)21)13(18-14(15)17-8)16-7-10-6-9-4-2-3-5-11(9)10/h2-5,10H,6-7H2,1H3,(H,16,17,18). The summed E-state index contributed by atoms with van der Waals surface area (Å²) in [5.41, 5.74) is 2.75. The average Bonchev–Trinajstić information content (AvgIpc) is 2.38. The molecular weight excluding hydrogens is 292 g/mol. The van der Waals surface area contributed by atoms with Crippen LogP contribution < -0.4 is 5.32 Å². The van der Waals surface area contributed by atoms with Crippen LogP contribution in [0.4, 0.5) is 11.5 Å². The Morgan fingerprint density at radius 1 is 1.43 bits per heavy atom.